The molecular formula is C19H24N2O2. The van der Waals surface area contributed by atoms with E-state index in [9.17, 15) is 4.79 Å². The Kier molecular flexibility index (Phi) is 4.08. The van der Waals surface area contributed by atoms with Gasteiger partial charge in [0, 0.05) is 49.3 Å². The van der Waals surface area contributed by atoms with E-state index < -0.39 is 0 Å². The number of ether oxygens (including phenoxy) is 1. The molecule has 0 radical (unpaired) electrons. The third kappa shape index (κ3) is 3.00. The molecule has 2 saturated heterocycles. The lowest BCUT2D eigenvalue weighted by atomic mass is 9.92. The number of benzene rings is 1. The topological polar surface area (TPSA) is 45.3 Å². The maximum atomic E-state index is 12.8. The number of nitrogens with zero attached hydrogens (tertiary/aromatic N) is 1. The predicted octanol–water partition coefficient (Wildman–Crippen LogP) is 3.30. The standard InChI is InChI=1S/C19H24N2O2/c22-19(14-7-10-23-11-8-14)21-9-3-5-16(13-21)18-12-15-4-1-2-6-17(15)20-18/h1-2,4,6,12,14,16,20H,3,5,7-11,13H2. The van der Waals surface area contributed by atoms with Gasteiger partial charge in [0.2, 0.25) is 5.91 Å². The number of piperidine rings is 1. The Morgan fingerprint density at radius 1 is 1.17 bits per heavy atom. The van der Waals surface area contributed by atoms with Crippen LogP contribution in [0.15, 0.2) is 30.3 Å². The first-order valence-corrected chi connectivity index (χ1v) is 8.75. The quantitative estimate of drug-likeness (QED) is 0.925. The molecule has 1 aromatic heterocycles. The summed E-state index contributed by atoms with van der Waals surface area (Å²) in [4.78, 5) is 18.4. The Morgan fingerprint density at radius 3 is 2.83 bits per heavy atom. The van der Waals surface area contributed by atoms with Crippen molar-refractivity contribution in [3.05, 3.63) is 36.0 Å². The lowest BCUT2D eigenvalue weighted by Crippen LogP contribution is -2.43. The number of hydrogen-bond donors (Lipinski definition) is 1. The lowest BCUT2D eigenvalue weighted by molar-refractivity contribution is -0.139. The number of fused-ring (bicyclic) bond motifs is 1. The summed E-state index contributed by atoms with van der Waals surface area (Å²) < 4.78 is 5.39. The van der Waals surface area contributed by atoms with Crippen LogP contribution < -0.4 is 0 Å². The zero-order chi connectivity index (χ0) is 15.6. The number of H-pyrrole nitrogens is 1. The van der Waals surface area contributed by atoms with Crippen molar-refractivity contribution in [3.8, 4) is 0 Å². The third-order valence-corrected chi connectivity index (χ3v) is 5.29. The fraction of sp³-hybridized carbons (Fsp3) is 0.526. The summed E-state index contributed by atoms with van der Waals surface area (Å²) in [7, 11) is 0. The van der Waals surface area contributed by atoms with Gasteiger partial charge in [-0.25, -0.2) is 0 Å². The first kappa shape index (κ1) is 14.8. The van der Waals surface area contributed by atoms with Crippen LogP contribution in [-0.2, 0) is 9.53 Å². The zero-order valence-electron chi connectivity index (χ0n) is 13.5. The third-order valence-electron chi connectivity index (χ3n) is 5.29. The summed E-state index contributed by atoms with van der Waals surface area (Å²) in [5, 5.41) is 1.26. The van der Waals surface area contributed by atoms with E-state index in [0.29, 0.717) is 11.8 Å². The molecule has 0 spiro atoms. The molecule has 1 N–H and O–H groups in total. The predicted molar refractivity (Wildman–Crippen MR) is 90.4 cm³/mol. The van der Waals surface area contributed by atoms with Crippen LogP contribution in [0, 0.1) is 5.92 Å². The Bertz CT molecular complexity index is 654. The average Bonchev–Trinajstić information content (AvgIpc) is 3.06. The highest BCUT2D eigenvalue weighted by molar-refractivity contribution is 5.81. The monoisotopic (exact) mass is 312 g/mol. The largest absolute Gasteiger partial charge is 0.381 e. The molecule has 2 aliphatic rings. The van der Waals surface area contributed by atoms with Crippen LogP contribution in [-0.4, -0.2) is 42.1 Å². The Morgan fingerprint density at radius 2 is 2.00 bits per heavy atom. The highest BCUT2D eigenvalue weighted by atomic mass is 16.5. The fourth-order valence-electron chi connectivity index (χ4n) is 3.95. The minimum Gasteiger partial charge on any atom is -0.381 e. The first-order chi connectivity index (χ1) is 11.3. The number of nitrogens with one attached hydrogen (secondary N) is 1. The van der Waals surface area contributed by atoms with Gasteiger partial charge in [0.15, 0.2) is 0 Å². The van der Waals surface area contributed by atoms with E-state index in [4.69, 9.17) is 4.74 Å². The minimum absolute atomic E-state index is 0.171. The molecule has 1 amide bonds. The average molecular weight is 312 g/mol. The number of aromatic nitrogens is 1. The molecule has 2 fully saturated rings. The Balaban J connectivity index is 1.48. The molecule has 4 nitrogen and oxygen atoms in total. The van der Waals surface area contributed by atoms with Crippen molar-refractivity contribution in [3.63, 3.8) is 0 Å². The molecule has 3 heterocycles. The number of carbonyl (C=O) groups is 1. The van der Waals surface area contributed by atoms with Crippen molar-refractivity contribution in [1.82, 2.24) is 9.88 Å². The van der Waals surface area contributed by atoms with E-state index in [1.54, 1.807) is 0 Å². The zero-order valence-corrected chi connectivity index (χ0v) is 13.5. The van der Waals surface area contributed by atoms with Gasteiger partial charge in [0.1, 0.15) is 0 Å². The molecule has 0 bridgehead atoms. The van der Waals surface area contributed by atoms with Crippen LogP contribution >= 0.6 is 0 Å². The number of likely N-dealkylation sites (tertiary alicyclic amines) is 1. The van der Waals surface area contributed by atoms with Gasteiger partial charge < -0.3 is 14.6 Å². The summed E-state index contributed by atoms with van der Waals surface area (Å²) in [6, 6.07) is 10.6. The van der Waals surface area contributed by atoms with Gasteiger partial charge in [0.05, 0.1) is 0 Å². The summed E-state index contributed by atoms with van der Waals surface area (Å²) in [5.74, 6) is 0.944. The SMILES string of the molecule is O=C(C1CCOCC1)N1CCCC(c2cc3ccccc3[nH]2)C1. The maximum Gasteiger partial charge on any atom is 0.225 e. The van der Waals surface area contributed by atoms with Gasteiger partial charge in [-0.2, -0.15) is 0 Å². The number of amides is 1. The molecule has 4 heteroatoms. The second kappa shape index (κ2) is 6.36. The van der Waals surface area contributed by atoms with Gasteiger partial charge in [-0.15, -0.1) is 0 Å². The second-order valence-electron chi connectivity index (χ2n) is 6.82. The Labute approximate surface area is 136 Å². The van der Waals surface area contributed by atoms with Crippen LogP contribution in [0.25, 0.3) is 10.9 Å². The van der Waals surface area contributed by atoms with Crippen LogP contribution in [0.2, 0.25) is 0 Å². The fourth-order valence-corrected chi connectivity index (χ4v) is 3.95. The van der Waals surface area contributed by atoms with Crippen molar-refractivity contribution >= 4 is 16.8 Å². The number of aromatic amines is 1. The van der Waals surface area contributed by atoms with Crippen LogP contribution in [0.3, 0.4) is 0 Å². The highest BCUT2D eigenvalue weighted by Crippen LogP contribution is 2.30. The van der Waals surface area contributed by atoms with E-state index in [-0.39, 0.29) is 5.92 Å². The van der Waals surface area contributed by atoms with E-state index >= 15 is 0 Å². The molecule has 1 atom stereocenters. The normalized spacial score (nSPS) is 23.3. The summed E-state index contributed by atoms with van der Waals surface area (Å²) >= 11 is 0. The molecule has 1 unspecified atom stereocenters. The molecule has 4 rings (SSSR count). The van der Waals surface area contributed by atoms with E-state index in [2.05, 4.69) is 40.2 Å². The van der Waals surface area contributed by atoms with Crippen LogP contribution in [0.4, 0.5) is 0 Å². The second-order valence-corrected chi connectivity index (χ2v) is 6.82. The molecular weight excluding hydrogens is 288 g/mol. The first-order valence-electron chi connectivity index (χ1n) is 8.75. The summed E-state index contributed by atoms with van der Waals surface area (Å²) in [6.45, 7) is 3.22. The van der Waals surface area contributed by atoms with Gasteiger partial charge in [0.25, 0.3) is 0 Å². The number of hydrogen-bond acceptors (Lipinski definition) is 2. The maximum absolute atomic E-state index is 12.8. The molecule has 2 aromatic rings. The van der Waals surface area contributed by atoms with Gasteiger partial charge in [-0.1, -0.05) is 18.2 Å². The minimum atomic E-state index is 0.171. The molecule has 122 valence electrons. The van der Waals surface area contributed by atoms with Crippen molar-refractivity contribution in [2.45, 2.75) is 31.6 Å². The lowest BCUT2D eigenvalue weighted by Gasteiger charge is -2.35. The number of rotatable bonds is 2. The van der Waals surface area contributed by atoms with Gasteiger partial charge >= 0.3 is 0 Å². The van der Waals surface area contributed by atoms with Crippen molar-refractivity contribution in [2.75, 3.05) is 26.3 Å². The van der Waals surface area contributed by atoms with E-state index in [0.717, 1.165) is 52.0 Å². The highest BCUT2D eigenvalue weighted by Gasteiger charge is 2.30. The molecule has 23 heavy (non-hydrogen) atoms. The molecule has 2 aliphatic heterocycles. The van der Waals surface area contributed by atoms with Crippen molar-refractivity contribution in [2.24, 2.45) is 5.92 Å². The van der Waals surface area contributed by atoms with Crippen molar-refractivity contribution < 1.29 is 9.53 Å². The smallest absolute Gasteiger partial charge is 0.225 e. The van der Waals surface area contributed by atoms with Crippen LogP contribution in [0.1, 0.15) is 37.3 Å². The molecule has 1 aromatic carbocycles. The van der Waals surface area contributed by atoms with E-state index in [1.807, 2.05) is 0 Å². The Hall–Kier alpha value is -1.81. The molecule has 0 aliphatic carbocycles. The summed E-state index contributed by atoms with van der Waals surface area (Å²) in [6.07, 6.45) is 4.01. The van der Waals surface area contributed by atoms with Gasteiger partial charge in [-0.3, -0.25) is 4.79 Å². The van der Waals surface area contributed by atoms with Gasteiger partial charge in [-0.05, 0) is 43.2 Å². The molecule has 0 saturated carbocycles. The number of para-hydroxylation sites is 1. The van der Waals surface area contributed by atoms with Crippen molar-refractivity contribution in [1.29, 1.82) is 0 Å². The van der Waals surface area contributed by atoms with E-state index in [1.165, 1.54) is 16.6 Å². The summed E-state index contributed by atoms with van der Waals surface area (Å²) in [5.41, 5.74) is 2.46. The van der Waals surface area contributed by atoms with Crippen LogP contribution in [0.5, 0.6) is 0 Å². The number of carbonyl (C=O) groups excluding carboxylic acids is 1.